The summed E-state index contributed by atoms with van der Waals surface area (Å²) in [6.07, 6.45) is 2.25. The van der Waals surface area contributed by atoms with Crippen molar-refractivity contribution in [3.05, 3.63) is 42.7 Å². The van der Waals surface area contributed by atoms with Crippen LogP contribution in [0, 0.1) is 0 Å². The summed E-state index contributed by atoms with van der Waals surface area (Å²) in [5.74, 6) is 0. The molecule has 0 spiro atoms. The molecule has 0 fully saturated rings. The lowest BCUT2D eigenvalue weighted by Crippen LogP contribution is -2.34. The van der Waals surface area contributed by atoms with Gasteiger partial charge >= 0.3 is 0 Å². The summed E-state index contributed by atoms with van der Waals surface area (Å²) in [6, 6.07) is 14.2. The predicted octanol–water partition coefficient (Wildman–Crippen LogP) is 2.68. The van der Waals surface area contributed by atoms with Crippen molar-refractivity contribution < 1.29 is 19.5 Å². The zero-order valence-electron chi connectivity index (χ0n) is 13.9. The van der Waals surface area contributed by atoms with Gasteiger partial charge in [-0.25, -0.2) is 9.13 Å². The molecule has 122 valence electrons. The minimum atomic E-state index is -0.181. The molecule has 1 heterocycles. The normalized spacial score (nSPS) is 10.9. The van der Waals surface area contributed by atoms with E-state index in [-0.39, 0.29) is 6.47 Å². The van der Waals surface area contributed by atoms with Crippen molar-refractivity contribution in [2.45, 2.75) is 39.8 Å². The Morgan fingerprint density at radius 3 is 2.17 bits per heavy atom. The zero-order valence-corrected chi connectivity index (χ0v) is 13.9. The van der Waals surface area contributed by atoms with Gasteiger partial charge in [0.2, 0.25) is 6.33 Å². The smallest absolute Gasteiger partial charge is 0.287 e. The van der Waals surface area contributed by atoms with Gasteiger partial charge in [-0.15, -0.1) is 0 Å². The van der Waals surface area contributed by atoms with Crippen LogP contribution in [-0.2, 0) is 9.68 Å². The lowest BCUT2D eigenvalue weighted by atomic mass is 10.1. The molecule has 0 bridgehead atoms. The standard InChI is InChI=1S/C17H21N2.CH2O3/c1-12(2)18-11-19(13(3)4)17-10-15-8-6-5-7-14(15)9-16(17)18;2-1-4-3/h5-13H,1-4H3;1,3H/q+1;/p-1. The first-order chi connectivity index (χ1) is 11.0. The first-order valence-electron chi connectivity index (χ1n) is 7.66. The molecule has 3 aromatic rings. The quantitative estimate of drug-likeness (QED) is 0.323. The number of carbonyl (C=O) groups is 1. The van der Waals surface area contributed by atoms with Crippen LogP contribution in [0.15, 0.2) is 42.7 Å². The monoisotopic (exact) mass is 314 g/mol. The number of fused-ring (bicyclic) bond motifs is 2. The van der Waals surface area contributed by atoms with Crippen LogP contribution in [0.25, 0.3) is 21.8 Å². The van der Waals surface area contributed by atoms with Gasteiger partial charge in [0.1, 0.15) is 0 Å². The molecule has 0 aliphatic heterocycles. The van der Waals surface area contributed by atoms with Crippen molar-refractivity contribution in [1.82, 2.24) is 4.57 Å². The van der Waals surface area contributed by atoms with Crippen LogP contribution in [0.1, 0.15) is 39.8 Å². The van der Waals surface area contributed by atoms with Gasteiger partial charge in [-0.05, 0) is 50.6 Å². The van der Waals surface area contributed by atoms with Crippen molar-refractivity contribution in [3.63, 3.8) is 0 Å². The van der Waals surface area contributed by atoms with Crippen molar-refractivity contribution >= 4 is 28.3 Å². The van der Waals surface area contributed by atoms with Gasteiger partial charge in [-0.3, -0.25) is 4.79 Å². The molecular formula is C18H22N2O3. The lowest BCUT2D eigenvalue weighted by molar-refractivity contribution is -0.692. The average molecular weight is 314 g/mol. The summed E-state index contributed by atoms with van der Waals surface area (Å²) in [5.41, 5.74) is 2.64. The maximum absolute atomic E-state index is 8.64. The highest BCUT2D eigenvalue weighted by Crippen LogP contribution is 2.24. The third-order valence-electron chi connectivity index (χ3n) is 3.80. The summed E-state index contributed by atoms with van der Waals surface area (Å²) >= 11 is 0. The highest BCUT2D eigenvalue weighted by Gasteiger charge is 2.20. The first-order valence-corrected chi connectivity index (χ1v) is 7.66. The molecule has 3 rings (SSSR count). The summed E-state index contributed by atoms with van der Waals surface area (Å²) in [4.78, 5) is 11.2. The van der Waals surface area contributed by atoms with E-state index >= 15 is 0 Å². The number of nitrogens with zero attached hydrogens (tertiary/aromatic N) is 2. The molecule has 0 N–H and O–H groups in total. The fourth-order valence-corrected chi connectivity index (χ4v) is 2.71. The molecule has 23 heavy (non-hydrogen) atoms. The van der Waals surface area contributed by atoms with E-state index in [1.807, 2.05) is 0 Å². The fourth-order valence-electron chi connectivity index (χ4n) is 2.71. The number of imidazole rings is 1. The van der Waals surface area contributed by atoms with E-state index in [0.717, 1.165) is 0 Å². The second kappa shape index (κ2) is 7.24. The molecule has 0 saturated carbocycles. The van der Waals surface area contributed by atoms with Gasteiger partial charge in [0.15, 0.2) is 11.0 Å². The average Bonchev–Trinajstić information content (AvgIpc) is 2.92. The molecule has 0 unspecified atom stereocenters. The number of carbonyl (C=O) groups excluding carboxylic acids is 1. The van der Waals surface area contributed by atoms with Crippen molar-refractivity contribution in [2.75, 3.05) is 0 Å². The van der Waals surface area contributed by atoms with Crippen LogP contribution >= 0.6 is 0 Å². The van der Waals surface area contributed by atoms with Crippen molar-refractivity contribution in [1.29, 1.82) is 0 Å². The van der Waals surface area contributed by atoms with E-state index in [2.05, 4.69) is 84.4 Å². The third kappa shape index (κ3) is 3.51. The van der Waals surface area contributed by atoms with Crippen LogP contribution in [0.3, 0.4) is 0 Å². The minimum Gasteiger partial charge on any atom is -0.662 e. The van der Waals surface area contributed by atoms with Crippen molar-refractivity contribution in [3.8, 4) is 0 Å². The fraction of sp³-hybridized carbons (Fsp3) is 0.333. The highest BCUT2D eigenvalue weighted by molar-refractivity contribution is 5.94. The molecule has 0 aliphatic carbocycles. The predicted molar refractivity (Wildman–Crippen MR) is 87.6 cm³/mol. The largest absolute Gasteiger partial charge is 0.662 e. The number of benzene rings is 2. The summed E-state index contributed by atoms with van der Waals surface area (Å²) in [7, 11) is 0. The van der Waals surface area contributed by atoms with E-state index < -0.39 is 0 Å². The van der Waals surface area contributed by atoms with Crippen LogP contribution in [0.2, 0.25) is 0 Å². The van der Waals surface area contributed by atoms with Crippen LogP contribution in [0.5, 0.6) is 0 Å². The molecule has 0 amide bonds. The second-order valence-electron chi connectivity index (χ2n) is 6.00. The van der Waals surface area contributed by atoms with Gasteiger partial charge < -0.3 is 10.1 Å². The topological polar surface area (TPSA) is 58.2 Å². The Kier molecular flexibility index (Phi) is 5.34. The molecular weight excluding hydrogens is 292 g/mol. The van der Waals surface area contributed by atoms with E-state index in [4.69, 9.17) is 10.1 Å². The molecule has 5 heteroatoms. The second-order valence-corrected chi connectivity index (χ2v) is 6.00. The van der Waals surface area contributed by atoms with E-state index in [1.165, 1.54) is 21.8 Å². The number of rotatable bonds is 3. The van der Waals surface area contributed by atoms with Crippen LogP contribution in [0.4, 0.5) is 0 Å². The van der Waals surface area contributed by atoms with E-state index in [1.54, 1.807) is 0 Å². The number of hydrogen-bond donors (Lipinski definition) is 0. The van der Waals surface area contributed by atoms with Gasteiger partial charge in [-0.2, -0.15) is 0 Å². The maximum Gasteiger partial charge on any atom is 0.287 e. The maximum atomic E-state index is 8.64. The molecule has 0 aliphatic rings. The van der Waals surface area contributed by atoms with Crippen LogP contribution < -0.4 is 9.82 Å². The van der Waals surface area contributed by atoms with Gasteiger partial charge in [0.25, 0.3) is 6.47 Å². The Morgan fingerprint density at radius 1 is 1.13 bits per heavy atom. The van der Waals surface area contributed by atoms with E-state index in [0.29, 0.717) is 12.1 Å². The van der Waals surface area contributed by atoms with E-state index in [9.17, 15) is 0 Å². The summed E-state index contributed by atoms with van der Waals surface area (Å²) in [6.45, 7) is 8.76. The highest BCUT2D eigenvalue weighted by atomic mass is 17.1. The Labute approximate surface area is 135 Å². The Balaban J connectivity index is 0.000000433. The van der Waals surface area contributed by atoms with Gasteiger partial charge in [0, 0.05) is 0 Å². The van der Waals surface area contributed by atoms with Gasteiger partial charge in [0.05, 0.1) is 12.1 Å². The van der Waals surface area contributed by atoms with Crippen molar-refractivity contribution in [2.24, 2.45) is 0 Å². The lowest BCUT2D eigenvalue weighted by Gasteiger charge is -2.02. The molecule has 2 aromatic carbocycles. The minimum absolute atomic E-state index is 0.181. The Bertz CT molecular complexity index is 745. The van der Waals surface area contributed by atoms with Crippen LogP contribution in [-0.4, -0.2) is 11.0 Å². The summed E-state index contributed by atoms with van der Waals surface area (Å²) in [5, 5.41) is 11.1. The molecule has 0 atom stereocenters. The third-order valence-corrected chi connectivity index (χ3v) is 3.80. The summed E-state index contributed by atoms with van der Waals surface area (Å²) < 4.78 is 4.73. The Morgan fingerprint density at radius 2 is 1.70 bits per heavy atom. The molecule has 0 radical (unpaired) electrons. The number of aromatic nitrogens is 2. The number of hydrogen-bond acceptors (Lipinski definition) is 3. The Hall–Kier alpha value is -2.40. The SMILES string of the molecule is CC(C)n1c[n+](C(C)C)c2cc3ccccc3cc21.O=CO[O-]. The molecule has 0 saturated heterocycles. The zero-order chi connectivity index (χ0) is 17.0. The molecule has 1 aromatic heterocycles. The first kappa shape index (κ1) is 17.0. The molecule has 5 nitrogen and oxygen atoms in total. The van der Waals surface area contributed by atoms with Gasteiger partial charge in [-0.1, -0.05) is 24.3 Å².